The van der Waals surface area contributed by atoms with Gasteiger partial charge in [-0.3, -0.25) is 9.59 Å². The third-order valence-corrected chi connectivity index (χ3v) is 3.34. The van der Waals surface area contributed by atoms with Crippen molar-refractivity contribution in [1.29, 1.82) is 0 Å². The van der Waals surface area contributed by atoms with E-state index in [1.165, 1.54) is 0 Å². The molecule has 0 unspecified atom stereocenters. The molecule has 2 N–H and O–H groups in total. The maximum atomic E-state index is 13.5. The first-order valence-electron chi connectivity index (χ1n) is 9.04. The maximum absolute atomic E-state index is 13.5. The van der Waals surface area contributed by atoms with Crippen LogP contribution in [0.4, 0.5) is 61.5 Å². The number of carboxylic acid groups (broad SMARTS) is 2. The molecule has 0 aliphatic rings. The molecule has 0 aliphatic heterocycles. The van der Waals surface area contributed by atoms with E-state index in [1.54, 1.807) is 4.74 Å². The van der Waals surface area contributed by atoms with E-state index in [0.717, 1.165) is 0 Å². The Morgan fingerprint density at radius 2 is 0.789 bits per heavy atom. The molecule has 0 aromatic carbocycles. The summed E-state index contributed by atoms with van der Waals surface area (Å²) in [6, 6.07) is 0. The van der Waals surface area contributed by atoms with E-state index in [4.69, 9.17) is 10.2 Å². The van der Waals surface area contributed by atoms with E-state index < -0.39 is 93.8 Å². The minimum Gasteiger partial charge on any atom is -0.481 e. The van der Waals surface area contributed by atoms with Crippen LogP contribution in [0.5, 0.6) is 0 Å². The number of halogens is 14. The quantitative estimate of drug-likeness (QED) is 0.165. The molecule has 0 heterocycles. The van der Waals surface area contributed by atoms with Crippen molar-refractivity contribution in [3.63, 3.8) is 0 Å². The molecule has 0 amide bonds. The van der Waals surface area contributed by atoms with Crippen molar-refractivity contribution in [1.82, 2.24) is 0 Å². The Morgan fingerprint density at radius 3 is 1.13 bits per heavy atom. The third kappa shape index (κ3) is 10.5. The minimum atomic E-state index is -7.65. The summed E-state index contributed by atoms with van der Waals surface area (Å²) in [5.41, 5.74) is 0. The summed E-state index contributed by atoms with van der Waals surface area (Å²) < 4.78 is 201. The van der Waals surface area contributed by atoms with Gasteiger partial charge in [-0.25, -0.2) is 14.2 Å². The highest BCUT2D eigenvalue weighted by atomic mass is 19.4. The zero-order valence-corrected chi connectivity index (χ0v) is 17.8. The van der Waals surface area contributed by atoms with Crippen LogP contribution in [-0.2, 0) is 33.3 Å². The summed E-state index contributed by atoms with van der Waals surface area (Å²) >= 11 is 0. The molecule has 0 radical (unpaired) electrons. The van der Waals surface area contributed by atoms with Crippen molar-refractivity contribution in [3.05, 3.63) is 0 Å². The fourth-order valence-corrected chi connectivity index (χ4v) is 1.71. The first-order chi connectivity index (χ1) is 16.7. The van der Waals surface area contributed by atoms with E-state index in [-0.39, 0.29) is 0 Å². The SMILES string of the molecule is O=C(O)CCOCC(F)(F)OC(F)(F)C(F)(F)OC(F)(F)C(F)(F)C(F)(F)OC(F)(F)COCCC(=O)O. The Hall–Kier alpha value is -2.24. The molecule has 0 aromatic heterocycles. The van der Waals surface area contributed by atoms with Gasteiger partial charge in [0.15, 0.2) is 0 Å². The van der Waals surface area contributed by atoms with Crippen molar-refractivity contribution in [2.24, 2.45) is 0 Å². The summed E-state index contributed by atoms with van der Waals surface area (Å²) in [7, 11) is 0. The summed E-state index contributed by atoms with van der Waals surface area (Å²) in [5.74, 6) is -11.0. The maximum Gasteiger partial charge on any atom is 0.453 e. The molecule has 0 rings (SSSR count). The molecular formula is C15H14F14O9. The first-order valence-corrected chi connectivity index (χ1v) is 9.04. The van der Waals surface area contributed by atoms with Gasteiger partial charge in [-0.2, -0.15) is 61.5 Å². The summed E-state index contributed by atoms with van der Waals surface area (Å²) in [5, 5.41) is 16.4. The van der Waals surface area contributed by atoms with Crippen LogP contribution in [0.15, 0.2) is 0 Å². The van der Waals surface area contributed by atoms with Crippen molar-refractivity contribution in [2.45, 2.75) is 55.4 Å². The summed E-state index contributed by atoms with van der Waals surface area (Å²) in [6.07, 6.45) is -42.4. The zero-order valence-electron chi connectivity index (χ0n) is 17.8. The number of alkyl halides is 14. The molecule has 0 aliphatic carbocycles. The minimum absolute atomic E-state index is 1.03. The van der Waals surface area contributed by atoms with Gasteiger partial charge in [0, 0.05) is 0 Å². The lowest BCUT2D eigenvalue weighted by molar-refractivity contribution is -0.553. The van der Waals surface area contributed by atoms with Gasteiger partial charge in [0.05, 0.1) is 26.1 Å². The second-order valence-electron chi connectivity index (χ2n) is 6.61. The normalized spacial score (nSPS) is 14.6. The monoisotopic (exact) mass is 604 g/mol. The van der Waals surface area contributed by atoms with Gasteiger partial charge in [-0.1, -0.05) is 0 Å². The Kier molecular flexibility index (Phi) is 11.6. The van der Waals surface area contributed by atoms with Crippen LogP contribution in [0.2, 0.25) is 0 Å². The molecule has 0 bridgehead atoms. The van der Waals surface area contributed by atoms with Crippen molar-refractivity contribution in [3.8, 4) is 0 Å². The van der Waals surface area contributed by atoms with Gasteiger partial charge in [0.1, 0.15) is 13.2 Å². The summed E-state index contributed by atoms with van der Waals surface area (Å²) in [4.78, 5) is 20.3. The molecular weight excluding hydrogens is 590 g/mol. The number of carboxylic acids is 2. The average Bonchev–Trinajstić information content (AvgIpc) is 2.65. The predicted molar refractivity (Wildman–Crippen MR) is 84.0 cm³/mol. The largest absolute Gasteiger partial charge is 0.481 e. The molecule has 0 saturated carbocycles. The fraction of sp³-hybridized carbons (Fsp3) is 0.867. The van der Waals surface area contributed by atoms with E-state index in [2.05, 4.69) is 18.9 Å². The molecule has 226 valence electrons. The second-order valence-corrected chi connectivity index (χ2v) is 6.61. The first kappa shape index (κ1) is 35.8. The van der Waals surface area contributed by atoms with Crippen LogP contribution in [0, 0.1) is 0 Å². The van der Waals surface area contributed by atoms with Gasteiger partial charge in [0.25, 0.3) is 0 Å². The van der Waals surface area contributed by atoms with Gasteiger partial charge in [0.2, 0.25) is 0 Å². The van der Waals surface area contributed by atoms with Crippen LogP contribution < -0.4 is 0 Å². The van der Waals surface area contributed by atoms with E-state index >= 15 is 0 Å². The molecule has 38 heavy (non-hydrogen) atoms. The van der Waals surface area contributed by atoms with Crippen molar-refractivity contribution in [2.75, 3.05) is 26.4 Å². The number of rotatable bonds is 19. The molecule has 0 fully saturated rings. The standard InChI is InChI=1S/C15H14F14O9/c16-9(17,5-34-3-1-7(30)31)36-12(22,23)11(20,21)13(24,25)38-15(28,29)14(26,27)37-10(18,19)6-35-4-2-8(32)33/h1-6H2,(H,30,31)(H,32,33). The van der Waals surface area contributed by atoms with Gasteiger partial charge in [-0.15, -0.1) is 0 Å². The number of hydrogen-bond donors (Lipinski definition) is 2. The Balaban J connectivity index is 5.55. The molecule has 9 nitrogen and oxygen atoms in total. The molecule has 0 spiro atoms. The highest BCUT2D eigenvalue weighted by molar-refractivity contribution is 5.67. The summed E-state index contributed by atoms with van der Waals surface area (Å²) in [6.45, 7) is -7.24. The highest BCUT2D eigenvalue weighted by Crippen LogP contribution is 2.52. The lowest BCUT2D eigenvalue weighted by Gasteiger charge is -2.36. The van der Waals surface area contributed by atoms with E-state index in [1.807, 2.05) is 0 Å². The Labute approximate surface area is 200 Å². The number of aliphatic carboxylic acids is 2. The van der Waals surface area contributed by atoms with Gasteiger partial charge >= 0.3 is 54.5 Å². The molecule has 23 heteroatoms. The topological polar surface area (TPSA) is 121 Å². The van der Waals surface area contributed by atoms with E-state index in [9.17, 15) is 71.1 Å². The smallest absolute Gasteiger partial charge is 0.453 e. The number of carbonyl (C=O) groups is 2. The van der Waals surface area contributed by atoms with Crippen LogP contribution in [0.25, 0.3) is 0 Å². The fourth-order valence-electron chi connectivity index (χ4n) is 1.71. The zero-order chi connectivity index (χ0) is 30.4. The Bertz CT molecular complexity index is 806. The Morgan fingerprint density at radius 1 is 0.500 bits per heavy atom. The number of ether oxygens (including phenoxy) is 5. The highest BCUT2D eigenvalue weighted by Gasteiger charge is 2.80. The molecule has 0 aromatic rings. The third-order valence-electron chi connectivity index (χ3n) is 3.34. The lowest BCUT2D eigenvalue weighted by atomic mass is 10.3. The molecule has 0 saturated heterocycles. The van der Waals surface area contributed by atoms with Crippen LogP contribution in [-0.4, -0.2) is 91.2 Å². The van der Waals surface area contributed by atoms with Crippen LogP contribution in [0.1, 0.15) is 12.8 Å². The van der Waals surface area contributed by atoms with Gasteiger partial charge in [-0.05, 0) is 0 Å². The predicted octanol–water partition coefficient (Wildman–Crippen LogP) is 4.21. The van der Waals surface area contributed by atoms with Crippen LogP contribution in [0.3, 0.4) is 0 Å². The second kappa shape index (κ2) is 12.3. The molecule has 0 atom stereocenters. The van der Waals surface area contributed by atoms with E-state index in [0.29, 0.717) is 0 Å². The van der Waals surface area contributed by atoms with Crippen LogP contribution >= 0.6 is 0 Å². The van der Waals surface area contributed by atoms with Gasteiger partial charge < -0.3 is 19.7 Å². The number of hydrogen-bond acceptors (Lipinski definition) is 7. The van der Waals surface area contributed by atoms with Crippen molar-refractivity contribution >= 4 is 11.9 Å². The van der Waals surface area contributed by atoms with Crippen molar-refractivity contribution < 1.29 is 105 Å². The average molecular weight is 604 g/mol. The lowest BCUT2D eigenvalue weighted by Crippen LogP contribution is -2.62.